The van der Waals surface area contributed by atoms with Crippen LogP contribution in [0.2, 0.25) is 0 Å². The van der Waals surface area contributed by atoms with Gasteiger partial charge in [0.05, 0.1) is 6.04 Å². The summed E-state index contributed by atoms with van der Waals surface area (Å²) in [7, 11) is 0. The molecular weight excluding hydrogens is 326 g/mol. The summed E-state index contributed by atoms with van der Waals surface area (Å²) < 4.78 is 6.12. The molecule has 6 rings (SSSR count). The van der Waals surface area contributed by atoms with Crippen LogP contribution in [-0.2, 0) is 11.3 Å². The third-order valence-corrected chi connectivity index (χ3v) is 6.21. The lowest BCUT2D eigenvalue weighted by molar-refractivity contribution is -0.109. The van der Waals surface area contributed by atoms with E-state index >= 15 is 0 Å². The fourth-order valence-corrected chi connectivity index (χ4v) is 4.94. The van der Waals surface area contributed by atoms with Gasteiger partial charge in [0.1, 0.15) is 11.4 Å². The van der Waals surface area contributed by atoms with Gasteiger partial charge in [-0.05, 0) is 43.4 Å². The first-order chi connectivity index (χ1) is 12.8. The molecule has 4 aliphatic rings. The minimum absolute atomic E-state index is 0.173. The normalized spacial score (nSPS) is 30.1. The first-order valence-corrected chi connectivity index (χ1v) is 9.46. The van der Waals surface area contributed by atoms with E-state index in [1.54, 1.807) is 0 Å². The zero-order chi connectivity index (χ0) is 17.6. The van der Waals surface area contributed by atoms with E-state index in [0.717, 1.165) is 37.1 Å². The van der Waals surface area contributed by atoms with Crippen molar-refractivity contribution in [2.75, 3.05) is 11.4 Å². The van der Waals surface area contributed by atoms with Crippen LogP contribution in [0.1, 0.15) is 31.2 Å². The van der Waals surface area contributed by atoms with Gasteiger partial charge in [0.25, 0.3) is 0 Å². The number of hydrogen-bond acceptors (Lipinski definition) is 4. The van der Waals surface area contributed by atoms with E-state index in [0.29, 0.717) is 19.1 Å². The van der Waals surface area contributed by atoms with Crippen molar-refractivity contribution in [2.24, 2.45) is 0 Å². The number of piperidine rings is 2. The molecule has 1 aromatic heterocycles. The monoisotopic (exact) mass is 349 g/mol. The molecule has 1 aromatic carbocycles. The van der Waals surface area contributed by atoms with Crippen LogP contribution >= 0.6 is 0 Å². The van der Waals surface area contributed by atoms with Crippen LogP contribution in [0.15, 0.2) is 54.7 Å². The second-order valence-corrected chi connectivity index (χ2v) is 7.64. The zero-order valence-electron chi connectivity index (χ0n) is 14.8. The molecule has 0 N–H and O–H groups in total. The van der Waals surface area contributed by atoms with Crippen molar-refractivity contribution in [3.05, 3.63) is 60.3 Å². The predicted molar refractivity (Wildman–Crippen MR) is 98.8 cm³/mol. The Morgan fingerprint density at radius 2 is 1.85 bits per heavy atom. The largest absolute Gasteiger partial charge is 0.441 e. The van der Waals surface area contributed by atoms with Crippen LogP contribution < -0.4 is 4.90 Å². The molecule has 2 bridgehead atoms. The van der Waals surface area contributed by atoms with Crippen molar-refractivity contribution in [1.29, 1.82) is 0 Å². The predicted octanol–water partition coefficient (Wildman–Crippen LogP) is 3.60. The summed E-state index contributed by atoms with van der Waals surface area (Å²) >= 11 is 0. The fraction of sp³-hybridized carbons (Fsp3) is 0.429. The number of anilines is 1. The van der Waals surface area contributed by atoms with Gasteiger partial charge in [-0.3, -0.25) is 0 Å². The van der Waals surface area contributed by atoms with Crippen molar-refractivity contribution < 1.29 is 9.53 Å². The second-order valence-electron chi connectivity index (χ2n) is 7.64. The minimum atomic E-state index is -0.351. The lowest BCUT2D eigenvalue weighted by Gasteiger charge is -2.60. The van der Waals surface area contributed by atoms with Gasteiger partial charge in [0.15, 0.2) is 0 Å². The van der Waals surface area contributed by atoms with E-state index in [1.165, 1.54) is 0 Å². The number of amides is 1. The number of ether oxygens (including phenoxy) is 1. The van der Waals surface area contributed by atoms with Gasteiger partial charge in [0, 0.05) is 25.3 Å². The minimum Gasteiger partial charge on any atom is -0.441 e. The molecule has 0 radical (unpaired) electrons. The van der Waals surface area contributed by atoms with E-state index in [2.05, 4.69) is 28.1 Å². The molecule has 1 unspecified atom stereocenters. The molecule has 4 fully saturated rings. The highest BCUT2D eigenvalue weighted by Crippen LogP contribution is 2.48. The highest BCUT2D eigenvalue weighted by Gasteiger charge is 2.58. The number of pyridine rings is 1. The lowest BCUT2D eigenvalue weighted by atomic mass is 9.70. The maximum Gasteiger partial charge on any atom is 0.410 e. The van der Waals surface area contributed by atoms with Crippen LogP contribution in [0, 0.1) is 0 Å². The third kappa shape index (κ3) is 2.45. The molecule has 134 valence electrons. The number of fused-ring (bicyclic) bond motifs is 2. The van der Waals surface area contributed by atoms with E-state index in [1.807, 2.05) is 41.4 Å². The van der Waals surface area contributed by atoms with Crippen LogP contribution in [0.5, 0.6) is 0 Å². The van der Waals surface area contributed by atoms with Crippen LogP contribution in [0.4, 0.5) is 10.6 Å². The summed E-state index contributed by atoms with van der Waals surface area (Å²) in [5.41, 5.74) is 0.780. The highest BCUT2D eigenvalue weighted by atomic mass is 16.6. The number of rotatable bonds is 3. The average molecular weight is 349 g/mol. The Morgan fingerprint density at radius 1 is 1.08 bits per heavy atom. The van der Waals surface area contributed by atoms with Crippen molar-refractivity contribution in [3.63, 3.8) is 0 Å². The summed E-state index contributed by atoms with van der Waals surface area (Å²) in [6.45, 7) is 1.29. The standard InChI is InChI=1S/C21H23N3O2/c25-20-23(14-16-6-2-1-3-7-16)15-18-21(26-20)11-9-17(10-12-21)24(18)19-8-4-5-13-22-19/h1-8,13,17-18H,9-12,14-15H2. The SMILES string of the molecule is O=C1OC23CCC(CC2)N(c2ccccn2)C3CN1Cc1ccccc1. The molecule has 1 saturated carbocycles. The molecule has 1 amide bonds. The smallest absolute Gasteiger partial charge is 0.410 e. The van der Waals surface area contributed by atoms with Gasteiger partial charge >= 0.3 is 6.09 Å². The molecular formula is C21H23N3O2. The molecule has 1 aliphatic carbocycles. The summed E-state index contributed by atoms with van der Waals surface area (Å²) in [5, 5.41) is 0. The van der Waals surface area contributed by atoms with Crippen LogP contribution in [0.3, 0.4) is 0 Å². The molecule has 3 saturated heterocycles. The molecule has 1 spiro atoms. The maximum atomic E-state index is 12.7. The van der Waals surface area contributed by atoms with Crippen LogP contribution in [-0.4, -0.2) is 40.2 Å². The van der Waals surface area contributed by atoms with Crippen molar-refractivity contribution in [1.82, 2.24) is 9.88 Å². The maximum absolute atomic E-state index is 12.7. The number of carbonyl (C=O) groups excluding carboxylic acids is 1. The van der Waals surface area contributed by atoms with Crippen molar-refractivity contribution >= 4 is 11.9 Å². The average Bonchev–Trinajstić information content (AvgIpc) is 2.69. The Morgan fingerprint density at radius 3 is 2.58 bits per heavy atom. The summed E-state index contributed by atoms with van der Waals surface area (Å²) in [6.07, 6.45) is 5.75. The van der Waals surface area contributed by atoms with Crippen LogP contribution in [0.25, 0.3) is 0 Å². The quantitative estimate of drug-likeness (QED) is 0.849. The second kappa shape index (κ2) is 6.01. The van der Waals surface area contributed by atoms with E-state index in [4.69, 9.17) is 4.74 Å². The first kappa shape index (κ1) is 15.7. The van der Waals surface area contributed by atoms with Gasteiger partial charge in [-0.2, -0.15) is 0 Å². The Hall–Kier alpha value is -2.56. The molecule has 3 aliphatic heterocycles. The molecule has 2 aromatic rings. The van der Waals surface area contributed by atoms with Crippen molar-refractivity contribution in [3.8, 4) is 0 Å². The molecule has 26 heavy (non-hydrogen) atoms. The number of benzene rings is 1. The van der Waals surface area contributed by atoms with Gasteiger partial charge in [-0.1, -0.05) is 36.4 Å². The lowest BCUT2D eigenvalue weighted by Crippen LogP contribution is -2.72. The van der Waals surface area contributed by atoms with Gasteiger partial charge in [0.2, 0.25) is 0 Å². The van der Waals surface area contributed by atoms with Crippen molar-refractivity contribution in [2.45, 2.75) is 49.9 Å². The molecule has 4 heterocycles. The van der Waals surface area contributed by atoms with Gasteiger partial charge in [-0.25, -0.2) is 9.78 Å². The third-order valence-electron chi connectivity index (χ3n) is 6.21. The number of nitrogens with zero attached hydrogens (tertiary/aromatic N) is 3. The number of carbonyl (C=O) groups is 1. The molecule has 5 heteroatoms. The summed E-state index contributed by atoms with van der Waals surface area (Å²) in [6, 6.07) is 16.9. The fourth-order valence-electron chi connectivity index (χ4n) is 4.94. The van der Waals surface area contributed by atoms with E-state index in [9.17, 15) is 4.79 Å². The summed E-state index contributed by atoms with van der Waals surface area (Å²) in [4.78, 5) is 21.6. The first-order valence-electron chi connectivity index (χ1n) is 9.46. The topological polar surface area (TPSA) is 45.7 Å². The van der Waals surface area contributed by atoms with Gasteiger partial charge < -0.3 is 14.5 Å². The Bertz CT molecular complexity index is 787. The zero-order valence-corrected chi connectivity index (χ0v) is 14.8. The summed E-state index contributed by atoms with van der Waals surface area (Å²) in [5.74, 6) is 1.00. The Kier molecular flexibility index (Phi) is 3.62. The van der Waals surface area contributed by atoms with Gasteiger partial charge in [-0.15, -0.1) is 0 Å². The molecule has 5 nitrogen and oxygen atoms in total. The van der Waals surface area contributed by atoms with E-state index < -0.39 is 0 Å². The molecule has 1 atom stereocenters. The number of aromatic nitrogens is 1. The van der Waals surface area contributed by atoms with E-state index in [-0.39, 0.29) is 17.7 Å². The highest BCUT2D eigenvalue weighted by molar-refractivity contribution is 5.70. The number of hydrogen-bond donors (Lipinski definition) is 0. The Labute approximate surface area is 153 Å². The Balaban J connectivity index is 1.46.